The SMILES string of the molecule is BrC1CCC2C(C1)NC1CC(Br)CCC12. The minimum Gasteiger partial charge on any atom is -0.311 e. The molecule has 3 heteroatoms. The third-order valence-electron chi connectivity index (χ3n) is 4.66. The molecular formula is C12H19Br2N. The summed E-state index contributed by atoms with van der Waals surface area (Å²) in [6.45, 7) is 0. The maximum Gasteiger partial charge on any atom is 0.0160 e. The van der Waals surface area contributed by atoms with Gasteiger partial charge in [0.1, 0.15) is 0 Å². The Labute approximate surface area is 109 Å². The Morgan fingerprint density at radius 3 is 1.67 bits per heavy atom. The van der Waals surface area contributed by atoms with Crippen LogP contribution in [0, 0.1) is 11.8 Å². The fourth-order valence-electron chi connectivity index (χ4n) is 3.97. The third kappa shape index (κ3) is 2.04. The lowest BCUT2D eigenvalue weighted by Gasteiger charge is -2.34. The quantitative estimate of drug-likeness (QED) is 0.668. The van der Waals surface area contributed by atoms with Gasteiger partial charge in [-0.15, -0.1) is 0 Å². The Balaban J connectivity index is 1.72. The van der Waals surface area contributed by atoms with Gasteiger partial charge in [0.25, 0.3) is 0 Å². The van der Waals surface area contributed by atoms with E-state index in [9.17, 15) is 0 Å². The van der Waals surface area contributed by atoms with E-state index < -0.39 is 0 Å². The summed E-state index contributed by atoms with van der Waals surface area (Å²) in [5, 5.41) is 3.90. The predicted octanol–water partition coefficient (Wildman–Crippen LogP) is 3.45. The molecule has 2 aliphatic carbocycles. The monoisotopic (exact) mass is 335 g/mol. The largest absolute Gasteiger partial charge is 0.311 e. The molecule has 3 rings (SSSR count). The molecule has 0 aromatic carbocycles. The summed E-state index contributed by atoms with van der Waals surface area (Å²) in [7, 11) is 0. The van der Waals surface area contributed by atoms with Crippen molar-refractivity contribution in [3.05, 3.63) is 0 Å². The van der Waals surface area contributed by atoms with Crippen molar-refractivity contribution >= 4 is 31.9 Å². The first-order valence-corrected chi connectivity index (χ1v) is 8.11. The van der Waals surface area contributed by atoms with Crippen LogP contribution in [0.25, 0.3) is 0 Å². The second-order valence-corrected chi connectivity index (χ2v) is 8.12. The highest BCUT2D eigenvalue weighted by molar-refractivity contribution is 9.09. The average Bonchev–Trinajstić information content (AvgIpc) is 2.53. The van der Waals surface area contributed by atoms with Crippen LogP contribution in [0.3, 0.4) is 0 Å². The molecule has 1 aliphatic heterocycles. The van der Waals surface area contributed by atoms with Crippen LogP contribution < -0.4 is 5.32 Å². The van der Waals surface area contributed by atoms with Gasteiger partial charge in [-0.2, -0.15) is 0 Å². The van der Waals surface area contributed by atoms with E-state index in [4.69, 9.17) is 0 Å². The van der Waals surface area contributed by atoms with Gasteiger partial charge in [-0.3, -0.25) is 0 Å². The fraction of sp³-hybridized carbons (Fsp3) is 1.00. The first-order chi connectivity index (χ1) is 7.24. The molecule has 3 fully saturated rings. The molecule has 0 spiro atoms. The molecule has 2 saturated carbocycles. The van der Waals surface area contributed by atoms with Crippen molar-refractivity contribution < 1.29 is 0 Å². The second-order valence-electron chi connectivity index (χ2n) is 5.53. The first kappa shape index (κ1) is 11.0. The van der Waals surface area contributed by atoms with E-state index in [2.05, 4.69) is 37.2 Å². The highest BCUT2D eigenvalue weighted by Gasteiger charge is 2.46. The van der Waals surface area contributed by atoms with Crippen LogP contribution in [0.15, 0.2) is 0 Å². The lowest BCUT2D eigenvalue weighted by Crippen LogP contribution is -2.37. The van der Waals surface area contributed by atoms with Gasteiger partial charge in [0.2, 0.25) is 0 Å². The summed E-state index contributed by atoms with van der Waals surface area (Å²) >= 11 is 7.57. The minimum absolute atomic E-state index is 0.770. The van der Waals surface area contributed by atoms with Crippen LogP contribution in [0.1, 0.15) is 38.5 Å². The van der Waals surface area contributed by atoms with Crippen molar-refractivity contribution in [2.75, 3.05) is 0 Å². The van der Waals surface area contributed by atoms with E-state index in [-0.39, 0.29) is 0 Å². The van der Waals surface area contributed by atoms with Crippen molar-refractivity contribution in [1.82, 2.24) is 5.32 Å². The third-order valence-corrected chi connectivity index (χ3v) is 6.32. The fourth-order valence-corrected chi connectivity index (χ4v) is 5.30. The lowest BCUT2D eigenvalue weighted by atomic mass is 9.73. The van der Waals surface area contributed by atoms with Crippen molar-refractivity contribution in [3.63, 3.8) is 0 Å². The molecule has 0 amide bonds. The number of nitrogens with one attached hydrogen (secondary N) is 1. The Kier molecular flexibility index (Phi) is 3.17. The van der Waals surface area contributed by atoms with Crippen LogP contribution in [0.2, 0.25) is 0 Å². The zero-order valence-electron chi connectivity index (χ0n) is 8.96. The molecule has 1 nitrogen and oxygen atoms in total. The maximum absolute atomic E-state index is 3.90. The van der Waals surface area contributed by atoms with Crippen LogP contribution in [-0.4, -0.2) is 21.7 Å². The number of halogens is 2. The van der Waals surface area contributed by atoms with E-state index in [1.807, 2.05) is 0 Å². The molecule has 15 heavy (non-hydrogen) atoms. The van der Waals surface area contributed by atoms with E-state index in [1.165, 1.54) is 38.5 Å². The molecule has 0 bridgehead atoms. The standard InChI is InChI=1S/C12H19Br2N/c13-7-1-3-9-10-4-2-8(14)6-12(10)15-11(9)5-7/h7-12,15H,1-6H2. The maximum atomic E-state index is 3.90. The highest BCUT2D eigenvalue weighted by atomic mass is 79.9. The van der Waals surface area contributed by atoms with Gasteiger partial charge < -0.3 is 5.32 Å². The molecule has 6 atom stereocenters. The van der Waals surface area contributed by atoms with Gasteiger partial charge in [-0.05, 0) is 50.4 Å². The Bertz CT molecular complexity index is 222. The van der Waals surface area contributed by atoms with Gasteiger partial charge >= 0.3 is 0 Å². The van der Waals surface area contributed by atoms with Gasteiger partial charge in [0, 0.05) is 21.7 Å². The highest BCUT2D eigenvalue weighted by Crippen LogP contribution is 2.45. The van der Waals surface area contributed by atoms with Crippen LogP contribution in [0.4, 0.5) is 0 Å². The van der Waals surface area contributed by atoms with E-state index >= 15 is 0 Å². The molecule has 1 saturated heterocycles. The van der Waals surface area contributed by atoms with Gasteiger partial charge in [0.05, 0.1) is 0 Å². The van der Waals surface area contributed by atoms with E-state index in [1.54, 1.807) is 0 Å². The van der Waals surface area contributed by atoms with Crippen molar-refractivity contribution in [2.45, 2.75) is 60.3 Å². The molecule has 1 heterocycles. The smallest absolute Gasteiger partial charge is 0.0160 e. The topological polar surface area (TPSA) is 12.0 Å². The van der Waals surface area contributed by atoms with Gasteiger partial charge in [0.15, 0.2) is 0 Å². The molecule has 0 aromatic heterocycles. The Hall–Kier alpha value is 0.920. The molecule has 1 N–H and O–H groups in total. The van der Waals surface area contributed by atoms with E-state index in [0.717, 1.165) is 33.6 Å². The summed E-state index contributed by atoms with van der Waals surface area (Å²) < 4.78 is 0. The molecule has 86 valence electrons. The van der Waals surface area contributed by atoms with Crippen LogP contribution in [0.5, 0.6) is 0 Å². The Morgan fingerprint density at radius 2 is 1.20 bits per heavy atom. The lowest BCUT2D eigenvalue weighted by molar-refractivity contribution is 0.238. The van der Waals surface area contributed by atoms with Crippen molar-refractivity contribution in [3.8, 4) is 0 Å². The van der Waals surface area contributed by atoms with Crippen LogP contribution >= 0.6 is 31.9 Å². The van der Waals surface area contributed by atoms with Gasteiger partial charge in [-0.1, -0.05) is 31.9 Å². The number of rotatable bonds is 0. The average molecular weight is 337 g/mol. The van der Waals surface area contributed by atoms with E-state index in [0.29, 0.717) is 0 Å². The summed E-state index contributed by atoms with van der Waals surface area (Å²) in [6.07, 6.45) is 8.38. The molecule has 6 unspecified atom stereocenters. The second kappa shape index (κ2) is 4.30. The summed E-state index contributed by atoms with van der Waals surface area (Å²) in [5.41, 5.74) is 0. The summed E-state index contributed by atoms with van der Waals surface area (Å²) in [4.78, 5) is 1.54. The normalized spacial score (nSPS) is 54.8. The number of hydrogen-bond donors (Lipinski definition) is 1. The minimum atomic E-state index is 0.770. The summed E-state index contributed by atoms with van der Waals surface area (Å²) in [5.74, 6) is 1.98. The molecule has 3 aliphatic rings. The molecular weight excluding hydrogens is 318 g/mol. The first-order valence-electron chi connectivity index (χ1n) is 6.28. The summed E-state index contributed by atoms with van der Waals surface area (Å²) in [6, 6.07) is 1.63. The zero-order valence-corrected chi connectivity index (χ0v) is 12.1. The van der Waals surface area contributed by atoms with Crippen molar-refractivity contribution in [1.29, 1.82) is 0 Å². The Morgan fingerprint density at radius 1 is 0.733 bits per heavy atom. The van der Waals surface area contributed by atoms with Crippen molar-refractivity contribution in [2.24, 2.45) is 11.8 Å². The molecule has 0 aromatic rings. The predicted molar refractivity (Wildman–Crippen MR) is 70.8 cm³/mol. The van der Waals surface area contributed by atoms with Crippen LogP contribution in [-0.2, 0) is 0 Å². The van der Waals surface area contributed by atoms with Gasteiger partial charge in [-0.25, -0.2) is 0 Å². The number of hydrogen-bond acceptors (Lipinski definition) is 1. The number of alkyl halides is 2. The number of fused-ring (bicyclic) bond motifs is 3. The zero-order chi connectivity index (χ0) is 10.4. The molecule has 0 radical (unpaired) electrons.